The third-order valence-corrected chi connectivity index (χ3v) is 13.3. The van der Waals surface area contributed by atoms with Crippen LogP contribution in [0.3, 0.4) is 0 Å². The molecule has 0 aliphatic carbocycles. The smallest absolute Gasteiger partial charge is 0.407 e. The Morgan fingerprint density at radius 1 is 0.900 bits per heavy atom. The van der Waals surface area contributed by atoms with Gasteiger partial charge in [0.2, 0.25) is 10.0 Å². The largest absolute Gasteiger partial charge is 0.481 e. The molecule has 0 saturated carbocycles. The van der Waals surface area contributed by atoms with E-state index in [0.717, 1.165) is 15.4 Å². The molecule has 1 amide bonds. The SMILES string of the molecule is CC(C)CN(C[C@@H](O)[C@H](Cc1ccc([N+](=O)[O-])cc1)NC(=O)O[C@H]1CO[C@H]2OCC[C@H]21)S(=O)(=O)c1ccc(OCP(=O)(OCc2ccccc2)OCc2ccccc2)cc1. The standard InChI is InChI=1S/C42H50N3O13PS/c1-30(2)24-44(25-39(46)38(23-31-13-15-34(16-14-31)45(48)49)43-42(47)58-40-28-54-41-37(40)21-22-53-41)60(51,52)36-19-17-35(18-20-36)55-29-59(50,56-26-32-9-5-3-6-10-32)57-27-33-11-7-4-8-12-33/h3-20,30,37-41,46H,21-29H2,1-2H3,(H,43,47)/t37-,38-,39+,40-,41+/m0/s1. The Balaban J connectivity index is 1.14. The molecule has 60 heavy (non-hydrogen) atoms. The predicted octanol–water partition coefficient (Wildman–Crippen LogP) is 6.66. The van der Waals surface area contributed by atoms with Crippen molar-refractivity contribution < 1.29 is 55.8 Å². The highest BCUT2D eigenvalue weighted by Gasteiger charge is 2.44. The molecule has 2 aliphatic rings. The van der Waals surface area contributed by atoms with Crippen molar-refractivity contribution in [3.8, 4) is 5.75 Å². The van der Waals surface area contributed by atoms with Crippen LogP contribution in [-0.4, -0.2) is 86.0 Å². The number of benzene rings is 4. The number of hydrogen-bond donors (Lipinski definition) is 2. The molecule has 5 atom stereocenters. The first kappa shape index (κ1) is 44.8. The molecule has 0 unspecified atom stereocenters. The van der Waals surface area contributed by atoms with Crippen molar-refractivity contribution in [3.63, 3.8) is 0 Å². The fraction of sp³-hybridized carbons (Fsp3) is 0.405. The van der Waals surface area contributed by atoms with Crippen molar-refractivity contribution >= 4 is 29.4 Å². The molecule has 0 aromatic heterocycles. The summed E-state index contributed by atoms with van der Waals surface area (Å²) in [6.45, 7) is 3.92. The molecule has 0 spiro atoms. The van der Waals surface area contributed by atoms with Gasteiger partial charge in [-0.2, -0.15) is 4.31 Å². The van der Waals surface area contributed by atoms with Gasteiger partial charge in [0, 0.05) is 25.2 Å². The summed E-state index contributed by atoms with van der Waals surface area (Å²) in [5.74, 6) is -0.0847. The molecule has 4 aromatic carbocycles. The van der Waals surface area contributed by atoms with Crippen LogP contribution < -0.4 is 10.1 Å². The van der Waals surface area contributed by atoms with Crippen LogP contribution in [0.15, 0.2) is 114 Å². The number of nitrogens with one attached hydrogen (secondary N) is 1. The first-order valence-corrected chi connectivity index (χ1v) is 22.8. The van der Waals surface area contributed by atoms with Crippen molar-refractivity contribution in [3.05, 3.63) is 136 Å². The first-order valence-electron chi connectivity index (χ1n) is 19.6. The summed E-state index contributed by atoms with van der Waals surface area (Å²) in [6.07, 6.45) is -3.11. The average Bonchev–Trinajstić information content (AvgIpc) is 3.87. The second-order valence-corrected chi connectivity index (χ2v) is 18.9. The minimum absolute atomic E-state index is 0.000175. The van der Waals surface area contributed by atoms with Gasteiger partial charge < -0.3 is 38.4 Å². The summed E-state index contributed by atoms with van der Waals surface area (Å²) in [6, 6.07) is 28.5. The third kappa shape index (κ3) is 12.4. The summed E-state index contributed by atoms with van der Waals surface area (Å²) in [4.78, 5) is 23.9. The molecular formula is C42H50N3O13PS. The van der Waals surface area contributed by atoms with Crippen LogP contribution in [0, 0.1) is 22.0 Å². The van der Waals surface area contributed by atoms with Gasteiger partial charge in [-0.3, -0.25) is 14.7 Å². The molecule has 2 aliphatic heterocycles. The number of aliphatic hydroxyl groups is 1. The van der Waals surface area contributed by atoms with Crippen molar-refractivity contribution in [2.24, 2.45) is 11.8 Å². The quantitative estimate of drug-likeness (QED) is 0.0512. The highest BCUT2D eigenvalue weighted by Crippen LogP contribution is 2.50. The van der Waals surface area contributed by atoms with Crippen LogP contribution in [0.2, 0.25) is 0 Å². The van der Waals surface area contributed by atoms with Gasteiger partial charge in [0.1, 0.15) is 11.9 Å². The Kier molecular flexibility index (Phi) is 15.5. The Morgan fingerprint density at radius 3 is 2.10 bits per heavy atom. The molecule has 2 N–H and O–H groups in total. The number of fused-ring (bicyclic) bond motifs is 1. The van der Waals surface area contributed by atoms with Crippen molar-refractivity contribution in [2.75, 3.05) is 32.7 Å². The highest BCUT2D eigenvalue weighted by atomic mass is 32.2. The van der Waals surface area contributed by atoms with E-state index in [-0.39, 0.29) is 61.0 Å². The van der Waals surface area contributed by atoms with Crippen LogP contribution in [0.4, 0.5) is 10.5 Å². The first-order chi connectivity index (χ1) is 28.8. The monoisotopic (exact) mass is 867 g/mol. The number of nitrogens with zero attached hydrogens (tertiary/aromatic N) is 2. The maximum absolute atomic E-state index is 14.2. The Labute approximate surface area is 349 Å². The van der Waals surface area contributed by atoms with Gasteiger partial charge in [-0.1, -0.05) is 86.6 Å². The maximum atomic E-state index is 14.2. The van der Waals surface area contributed by atoms with E-state index in [9.17, 15) is 33.0 Å². The number of carbonyl (C=O) groups excluding carboxylic acids is 1. The molecule has 2 saturated heterocycles. The number of rotatable bonds is 21. The van der Waals surface area contributed by atoms with Crippen LogP contribution >= 0.6 is 7.60 Å². The molecule has 0 bridgehead atoms. The normalized spacial score (nSPS) is 18.9. The molecule has 2 heterocycles. The molecule has 2 fully saturated rings. The van der Waals surface area contributed by atoms with E-state index in [2.05, 4.69) is 5.32 Å². The van der Waals surface area contributed by atoms with E-state index in [4.69, 9.17) is 28.0 Å². The number of carbonyl (C=O) groups is 1. The number of ether oxygens (including phenoxy) is 4. The lowest BCUT2D eigenvalue weighted by Crippen LogP contribution is -2.51. The number of non-ortho nitro benzene ring substituents is 1. The van der Waals surface area contributed by atoms with Crippen molar-refractivity contribution in [1.29, 1.82) is 0 Å². The zero-order valence-electron chi connectivity index (χ0n) is 33.3. The third-order valence-electron chi connectivity index (χ3n) is 9.97. The summed E-state index contributed by atoms with van der Waals surface area (Å²) in [5, 5.41) is 25.7. The van der Waals surface area contributed by atoms with Gasteiger partial charge in [-0.15, -0.1) is 0 Å². The lowest BCUT2D eigenvalue weighted by atomic mass is 10.0. The molecule has 322 valence electrons. The van der Waals surface area contributed by atoms with Crippen LogP contribution in [-0.2, 0) is 57.5 Å². The van der Waals surface area contributed by atoms with E-state index < -0.39 is 66.1 Å². The van der Waals surface area contributed by atoms with Gasteiger partial charge in [-0.25, -0.2) is 13.2 Å². The summed E-state index contributed by atoms with van der Waals surface area (Å²) >= 11 is 0. The topological polar surface area (TPSA) is 202 Å². The predicted molar refractivity (Wildman–Crippen MR) is 219 cm³/mol. The van der Waals surface area contributed by atoms with E-state index >= 15 is 0 Å². The number of alkyl carbamates (subject to hydrolysis) is 1. The molecule has 16 nitrogen and oxygen atoms in total. The molecule has 6 rings (SSSR count). The average molecular weight is 868 g/mol. The lowest BCUT2D eigenvalue weighted by Gasteiger charge is -2.31. The van der Waals surface area contributed by atoms with Gasteiger partial charge >= 0.3 is 13.7 Å². The maximum Gasteiger partial charge on any atom is 0.407 e. The Hall–Kier alpha value is -4.71. The summed E-state index contributed by atoms with van der Waals surface area (Å²) in [7, 11) is -8.07. The Bertz CT molecular complexity index is 2120. The van der Waals surface area contributed by atoms with Crippen molar-refractivity contribution in [1.82, 2.24) is 9.62 Å². The van der Waals surface area contributed by atoms with Crippen LogP contribution in [0.5, 0.6) is 5.75 Å². The number of nitro benzene ring substituents is 1. The van der Waals surface area contributed by atoms with E-state index in [1.54, 1.807) is 0 Å². The second-order valence-electron chi connectivity index (χ2n) is 15.0. The number of hydrogen-bond acceptors (Lipinski definition) is 13. The van der Waals surface area contributed by atoms with E-state index in [0.29, 0.717) is 18.6 Å². The number of aliphatic hydroxyl groups excluding tert-OH is 1. The fourth-order valence-electron chi connectivity index (χ4n) is 6.79. The van der Waals surface area contributed by atoms with Crippen LogP contribution in [0.1, 0.15) is 37.0 Å². The zero-order valence-corrected chi connectivity index (χ0v) is 35.0. The molecule has 18 heteroatoms. The summed E-state index contributed by atoms with van der Waals surface area (Å²) in [5.41, 5.74) is 1.99. The Morgan fingerprint density at radius 2 is 1.52 bits per heavy atom. The lowest BCUT2D eigenvalue weighted by molar-refractivity contribution is -0.384. The van der Waals surface area contributed by atoms with Gasteiger partial charge in [0.05, 0.1) is 54.3 Å². The second kappa shape index (κ2) is 20.7. The molecular weight excluding hydrogens is 818 g/mol. The minimum atomic E-state index is -4.24. The zero-order chi connectivity index (χ0) is 42.7. The molecule has 0 radical (unpaired) electrons. The fourth-order valence-corrected chi connectivity index (χ4v) is 9.64. The van der Waals surface area contributed by atoms with Gasteiger partial charge in [0.25, 0.3) is 5.69 Å². The van der Waals surface area contributed by atoms with Crippen LogP contribution in [0.25, 0.3) is 0 Å². The molecule has 4 aromatic rings. The van der Waals surface area contributed by atoms with Gasteiger partial charge in [-0.05, 0) is 59.7 Å². The van der Waals surface area contributed by atoms with Gasteiger partial charge in [0.15, 0.2) is 12.6 Å². The van der Waals surface area contributed by atoms with E-state index in [1.165, 1.54) is 48.5 Å². The van der Waals surface area contributed by atoms with E-state index in [1.807, 2.05) is 74.5 Å². The minimum Gasteiger partial charge on any atom is -0.481 e. The number of sulfonamides is 1. The number of amides is 1. The summed E-state index contributed by atoms with van der Waals surface area (Å²) < 4.78 is 77.7. The highest BCUT2D eigenvalue weighted by molar-refractivity contribution is 7.89. The number of nitro groups is 1. The van der Waals surface area contributed by atoms with Crippen molar-refractivity contribution in [2.45, 2.75) is 69.3 Å².